The Morgan fingerprint density at radius 3 is 2.90 bits per heavy atom. The summed E-state index contributed by atoms with van der Waals surface area (Å²) >= 11 is 6.18. The van der Waals surface area contributed by atoms with Crippen molar-refractivity contribution in [1.82, 2.24) is 14.9 Å². The monoisotopic (exact) mass is 289 g/mol. The summed E-state index contributed by atoms with van der Waals surface area (Å²) in [4.78, 5) is 4.93. The first kappa shape index (κ1) is 12.7. The van der Waals surface area contributed by atoms with E-state index in [4.69, 9.17) is 16.6 Å². The van der Waals surface area contributed by atoms with Gasteiger partial charge in [0, 0.05) is 11.1 Å². The summed E-state index contributed by atoms with van der Waals surface area (Å²) in [5.41, 5.74) is 2.28. The summed E-state index contributed by atoms with van der Waals surface area (Å²) in [6.45, 7) is 3.43. The van der Waals surface area contributed by atoms with Gasteiger partial charge in [-0.1, -0.05) is 18.5 Å². The van der Waals surface area contributed by atoms with Crippen molar-refractivity contribution in [3.8, 4) is 0 Å². The number of hydrogen-bond acceptors (Lipinski definition) is 2. The van der Waals surface area contributed by atoms with Gasteiger partial charge in [0.05, 0.1) is 17.1 Å². The van der Waals surface area contributed by atoms with Crippen LogP contribution in [-0.4, -0.2) is 16.1 Å². The van der Waals surface area contributed by atoms with Crippen LogP contribution in [0.25, 0.3) is 11.0 Å². The fraction of sp³-hybridized carbons (Fsp3) is 0.562. The number of hydrogen-bond donors (Lipinski definition) is 1. The third kappa shape index (κ3) is 2.04. The number of halogens is 1. The topological polar surface area (TPSA) is 29.9 Å². The van der Waals surface area contributed by atoms with E-state index in [9.17, 15) is 0 Å². The molecular formula is C16H20ClN3. The highest BCUT2D eigenvalue weighted by atomic mass is 35.5. The van der Waals surface area contributed by atoms with E-state index in [1.54, 1.807) is 0 Å². The minimum atomic E-state index is 0.385. The standard InChI is InChI=1S/C16H20ClN3/c1-10-3-2-8-18-15(10)16-19-13-7-4-11(17)9-14(13)20(16)12-5-6-12/h4,7,9-10,12,15,18H,2-3,5-6,8H2,1H3. The molecule has 0 bridgehead atoms. The first-order chi connectivity index (χ1) is 9.74. The van der Waals surface area contributed by atoms with Crippen LogP contribution in [0.3, 0.4) is 0 Å². The number of piperidine rings is 1. The van der Waals surface area contributed by atoms with Crippen molar-refractivity contribution in [3.05, 3.63) is 29.0 Å². The Hall–Kier alpha value is -1.06. The lowest BCUT2D eigenvalue weighted by Gasteiger charge is -2.30. The van der Waals surface area contributed by atoms with Crippen LogP contribution in [0.5, 0.6) is 0 Å². The second-order valence-electron chi connectivity index (χ2n) is 6.26. The van der Waals surface area contributed by atoms with Gasteiger partial charge in [0.15, 0.2) is 0 Å². The van der Waals surface area contributed by atoms with Crippen molar-refractivity contribution in [3.63, 3.8) is 0 Å². The molecule has 0 spiro atoms. The number of rotatable bonds is 2. The molecule has 106 valence electrons. The molecule has 2 atom stereocenters. The van der Waals surface area contributed by atoms with Gasteiger partial charge >= 0.3 is 0 Å². The minimum Gasteiger partial charge on any atom is -0.323 e. The van der Waals surface area contributed by atoms with Gasteiger partial charge in [0.1, 0.15) is 5.82 Å². The van der Waals surface area contributed by atoms with E-state index in [0.717, 1.165) is 17.1 Å². The van der Waals surface area contributed by atoms with Crippen molar-refractivity contribution in [2.75, 3.05) is 6.54 Å². The molecule has 0 amide bonds. The van der Waals surface area contributed by atoms with Gasteiger partial charge in [0.2, 0.25) is 0 Å². The van der Waals surface area contributed by atoms with Crippen LogP contribution in [0.15, 0.2) is 18.2 Å². The molecule has 2 heterocycles. The Balaban J connectivity index is 1.87. The number of nitrogens with zero attached hydrogens (tertiary/aromatic N) is 2. The van der Waals surface area contributed by atoms with Gasteiger partial charge in [-0.3, -0.25) is 0 Å². The van der Waals surface area contributed by atoms with Crippen molar-refractivity contribution in [2.24, 2.45) is 5.92 Å². The van der Waals surface area contributed by atoms with Gasteiger partial charge in [-0.2, -0.15) is 0 Å². The van der Waals surface area contributed by atoms with Gasteiger partial charge in [-0.05, 0) is 56.3 Å². The number of imidazole rings is 1. The molecular weight excluding hydrogens is 270 g/mol. The quantitative estimate of drug-likeness (QED) is 0.902. The Bertz CT molecular complexity index is 644. The maximum atomic E-state index is 6.18. The van der Waals surface area contributed by atoms with Gasteiger partial charge in [0.25, 0.3) is 0 Å². The number of aromatic nitrogens is 2. The first-order valence-electron chi connectivity index (χ1n) is 7.65. The normalized spacial score (nSPS) is 27.1. The smallest absolute Gasteiger partial charge is 0.127 e. The fourth-order valence-electron chi connectivity index (χ4n) is 3.42. The molecule has 4 heteroatoms. The molecule has 1 aromatic heterocycles. The Morgan fingerprint density at radius 2 is 2.15 bits per heavy atom. The summed E-state index contributed by atoms with van der Waals surface area (Å²) in [6.07, 6.45) is 5.09. The highest BCUT2D eigenvalue weighted by molar-refractivity contribution is 6.31. The maximum Gasteiger partial charge on any atom is 0.127 e. The third-order valence-corrected chi connectivity index (χ3v) is 4.87. The van der Waals surface area contributed by atoms with Crippen LogP contribution >= 0.6 is 11.6 Å². The fourth-order valence-corrected chi connectivity index (χ4v) is 3.58. The molecule has 4 rings (SSSR count). The molecule has 1 aromatic carbocycles. The zero-order chi connectivity index (χ0) is 13.7. The lowest BCUT2D eigenvalue weighted by atomic mass is 9.92. The van der Waals surface area contributed by atoms with Crippen molar-refractivity contribution in [2.45, 2.75) is 44.7 Å². The van der Waals surface area contributed by atoms with E-state index in [1.165, 1.54) is 37.0 Å². The molecule has 2 unspecified atom stereocenters. The van der Waals surface area contributed by atoms with E-state index in [0.29, 0.717) is 18.0 Å². The summed E-state index contributed by atoms with van der Waals surface area (Å²) < 4.78 is 2.45. The van der Waals surface area contributed by atoms with Gasteiger partial charge in [-0.15, -0.1) is 0 Å². The van der Waals surface area contributed by atoms with Crippen molar-refractivity contribution in [1.29, 1.82) is 0 Å². The van der Waals surface area contributed by atoms with E-state index < -0.39 is 0 Å². The lowest BCUT2D eigenvalue weighted by molar-refractivity contribution is 0.289. The van der Waals surface area contributed by atoms with Crippen LogP contribution in [-0.2, 0) is 0 Å². The molecule has 2 aliphatic rings. The SMILES string of the molecule is CC1CCCNC1c1nc2ccc(Cl)cc2n1C1CC1. The second-order valence-corrected chi connectivity index (χ2v) is 6.69. The Kier molecular flexibility index (Phi) is 3.00. The highest BCUT2D eigenvalue weighted by Gasteiger charge is 2.33. The average molecular weight is 290 g/mol. The molecule has 1 aliphatic carbocycles. The predicted octanol–water partition coefficient (Wildman–Crippen LogP) is 4.09. The molecule has 1 saturated carbocycles. The molecule has 1 saturated heterocycles. The Labute approximate surface area is 124 Å². The van der Waals surface area contributed by atoms with Gasteiger partial charge < -0.3 is 9.88 Å². The minimum absolute atomic E-state index is 0.385. The van der Waals surface area contributed by atoms with E-state index in [2.05, 4.69) is 22.9 Å². The first-order valence-corrected chi connectivity index (χ1v) is 8.02. The summed E-state index contributed by atoms with van der Waals surface area (Å²) in [7, 11) is 0. The third-order valence-electron chi connectivity index (χ3n) is 4.64. The van der Waals surface area contributed by atoms with E-state index in [-0.39, 0.29) is 0 Å². The molecule has 20 heavy (non-hydrogen) atoms. The van der Waals surface area contributed by atoms with Crippen LogP contribution in [0.1, 0.15) is 50.5 Å². The number of benzene rings is 1. The maximum absolute atomic E-state index is 6.18. The van der Waals surface area contributed by atoms with E-state index >= 15 is 0 Å². The highest BCUT2D eigenvalue weighted by Crippen LogP contribution is 2.42. The largest absolute Gasteiger partial charge is 0.323 e. The van der Waals surface area contributed by atoms with Gasteiger partial charge in [-0.25, -0.2) is 4.98 Å². The molecule has 2 aromatic rings. The van der Waals surface area contributed by atoms with Crippen LogP contribution in [0.2, 0.25) is 5.02 Å². The van der Waals surface area contributed by atoms with Crippen LogP contribution < -0.4 is 5.32 Å². The average Bonchev–Trinajstić information content (AvgIpc) is 3.20. The van der Waals surface area contributed by atoms with Crippen molar-refractivity contribution >= 4 is 22.6 Å². The lowest BCUT2D eigenvalue weighted by Crippen LogP contribution is -2.34. The molecule has 1 N–H and O–H groups in total. The van der Waals surface area contributed by atoms with Crippen LogP contribution in [0, 0.1) is 5.92 Å². The zero-order valence-electron chi connectivity index (χ0n) is 11.8. The number of fused-ring (bicyclic) bond motifs is 1. The number of nitrogens with one attached hydrogen (secondary N) is 1. The second kappa shape index (κ2) is 4.74. The van der Waals surface area contributed by atoms with E-state index in [1.807, 2.05) is 12.1 Å². The Morgan fingerprint density at radius 1 is 1.30 bits per heavy atom. The summed E-state index contributed by atoms with van der Waals surface area (Å²) in [5.74, 6) is 1.87. The summed E-state index contributed by atoms with van der Waals surface area (Å²) in [5, 5.41) is 4.47. The predicted molar refractivity (Wildman–Crippen MR) is 82.2 cm³/mol. The molecule has 1 aliphatic heterocycles. The molecule has 0 radical (unpaired) electrons. The van der Waals surface area contributed by atoms with Crippen molar-refractivity contribution < 1.29 is 0 Å². The molecule has 2 fully saturated rings. The summed E-state index contributed by atoms with van der Waals surface area (Å²) in [6, 6.07) is 7.07. The zero-order valence-corrected chi connectivity index (χ0v) is 12.5. The van der Waals surface area contributed by atoms with Crippen LogP contribution in [0.4, 0.5) is 0 Å². The molecule has 3 nitrogen and oxygen atoms in total.